The normalized spacial score (nSPS) is 50.0. The molecule has 0 aliphatic carbocycles. The van der Waals surface area contributed by atoms with Crippen molar-refractivity contribution in [3.05, 3.63) is 0 Å². The summed E-state index contributed by atoms with van der Waals surface area (Å²) in [6.45, 7) is 1.03. The van der Waals surface area contributed by atoms with E-state index < -0.39 is 111 Å². The first kappa shape index (κ1) is 29.5. The van der Waals surface area contributed by atoms with Gasteiger partial charge in [0.25, 0.3) is 0 Å². The second-order valence-electron chi connectivity index (χ2n) is 9.05. The number of aliphatic hydroxyl groups excluding tert-OH is 9. The number of nitrogens with one attached hydrogen (secondary N) is 1. The molecule has 3 heterocycles. The average molecular weight is 529 g/mol. The minimum absolute atomic E-state index is 0.620. The first-order valence-corrected chi connectivity index (χ1v) is 11.4. The molecule has 3 saturated heterocycles. The molecule has 0 aromatic rings. The van der Waals surface area contributed by atoms with E-state index in [1.54, 1.807) is 0 Å². The molecule has 3 fully saturated rings. The molecule has 0 saturated carbocycles. The van der Waals surface area contributed by atoms with Crippen LogP contribution in [0.25, 0.3) is 0 Å². The highest BCUT2D eigenvalue weighted by molar-refractivity contribution is 5.73. The van der Waals surface area contributed by atoms with E-state index in [-0.39, 0.29) is 0 Å². The fourth-order valence-electron chi connectivity index (χ4n) is 4.40. The number of hydrogen-bond donors (Lipinski definition) is 10. The fourth-order valence-corrected chi connectivity index (χ4v) is 4.40. The second-order valence-corrected chi connectivity index (χ2v) is 9.05. The van der Waals surface area contributed by atoms with Crippen molar-refractivity contribution in [2.24, 2.45) is 0 Å². The summed E-state index contributed by atoms with van der Waals surface area (Å²) < 4.78 is 27.1. The molecule has 210 valence electrons. The number of ether oxygens (including phenoxy) is 5. The van der Waals surface area contributed by atoms with Crippen LogP contribution in [-0.4, -0.2) is 157 Å². The lowest BCUT2D eigenvalue weighted by atomic mass is 9.95. The molecular weight excluding hydrogens is 494 g/mol. The summed E-state index contributed by atoms with van der Waals surface area (Å²) in [5.41, 5.74) is 0. The van der Waals surface area contributed by atoms with E-state index >= 15 is 0 Å². The molecule has 15 atom stereocenters. The van der Waals surface area contributed by atoms with Gasteiger partial charge in [-0.15, -0.1) is 0 Å². The summed E-state index contributed by atoms with van der Waals surface area (Å²) in [4.78, 5) is 11.6. The SMILES string of the molecule is CC(=O)N[C@H]1[C@H](O[C@@H]2O[C@H](CO)[C@@H](O[C@H]3O[C@@H](C)[C@H](O)[C@@H](O)[C@@H]3O)[C@H](O)[C@H]2O)[C@@H](O)[C@H](CO)O[C@@H]1O. The highest BCUT2D eigenvalue weighted by atomic mass is 16.7. The predicted octanol–water partition coefficient (Wildman–Crippen LogP) is -6.40. The Balaban J connectivity index is 1.76. The van der Waals surface area contributed by atoms with Crippen molar-refractivity contribution in [3.63, 3.8) is 0 Å². The largest absolute Gasteiger partial charge is 0.394 e. The summed E-state index contributed by atoms with van der Waals surface area (Å²) in [6, 6.07) is -1.37. The van der Waals surface area contributed by atoms with Crippen LogP contribution in [0.1, 0.15) is 13.8 Å². The average Bonchev–Trinajstić information content (AvgIpc) is 2.84. The smallest absolute Gasteiger partial charge is 0.217 e. The van der Waals surface area contributed by atoms with Gasteiger partial charge in [0.1, 0.15) is 67.1 Å². The zero-order valence-electron chi connectivity index (χ0n) is 19.5. The lowest BCUT2D eigenvalue weighted by molar-refractivity contribution is -0.370. The second kappa shape index (κ2) is 12.2. The van der Waals surface area contributed by atoms with E-state index in [9.17, 15) is 50.8 Å². The van der Waals surface area contributed by atoms with Gasteiger partial charge in [-0.2, -0.15) is 0 Å². The van der Waals surface area contributed by atoms with Gasteiger partial charge in [0.15, 0.2) is 18.9 Å². The molecule has 16 nitrogen and oxygen atoms in total. The van der Waals surface area contributed by atoms with E-state index in [4.69, 9.17) is 23.7 Å². The van der Waals surface area contributed by atoms with Gasteiger partial charge < -0.3 is 75.0 Å². The predicted molar refractivity (Wildman–Crippen MR) is 111 cm³/mol. The molecule has 16 heteroatoms. The van der Waals surface area contributed by atoms with Crippen molar-refractivity contribution in [1.82, 2.24) is 5.32 Å². The Morgan fingerprint density at radius 3 is 1.86 bits per heavy atom. The van der Waals surface area contributed by atoms with Crippen LogP contribution in [0.15, 0.2) is 0 Å². The maximum Gasteiger partial charge on any atom is 0.217 e. The highest BCUT2D eigenvalue weighted by Crippen LogP contribution is 2.32. The zero-order valence-corrected chi connectivity index (χ0v) is 19.5. The Bertz CT molecular complexity index is 729. The Kier molecular flexibility index (Phi) is 9.97. The molecule has 3 rings (SSSR count). The molecule has 0 radical (unpaired) electrons. The number of amides is 1. The zero-order chi connectivity index (χ0) is 26.9. The monoisotopic (exact) mass is 529 g/mol. The van der Waals surface area contributed by atoms with E-state index in [2.05, 4.69) is 5.32 Å². The van der Waals surface area contributed by atoms with E-state index in [1.807, 2.05) is 0 Å². The topological polar surface area (TPSA) is 257 Å². The number of carbonyl (C=O) groups is 1. The standard InChI is InChI=1S/C20H35NO15/c1-5-10(25)12(27)14(29)19(32-5)35-16-8(4-23)34-20(15(30)13(16)28)36-17-9(21-6(2)24)18(31)33-7(3-22)11(17)26/h5,7-20,22-23,25-31H,3-4H2,1-2H3,(H,21,24)/t5-,7-,8+,9-,10-,11-,12+,13+,14-,15+,16+,17-,18-,19+,20-/m0/s1. The molecule has 0 unspecified atom stereocenters. The highest BCUT2D eigenvalue weighted by Gasteiger charge is 2.53. The van der Waals surface area contributed by atoms with Gasteiger partial charge in [0.2, 0.25) is 5.91 Å². The third-order valence-electron chi connectivity index (χ3n) is 6.45. The molecular formula is C20H35NO15. The molecule has 10 N–H and O–H groups in total. The summed E-state index contributed by atoms with van der Waals surface area (Å²) in [5.74, 6) is -0.620. The molecule has 3 aliphatic rings. The van der Waals surface area contributed by atoms with Crippen LogP contribution in [0, 0.1) is 0 Å². The van der Waals surface area contributed by atoms with Gasteiger partial charge in [-0.1, -0.05) is 0 Å². The van der Waals surface area contributed by atoms with Gasteiger partial charge >= 0.3 is 0 Å². The molecule has 0 spiro atoms. The lowest BCUT2D eigenvalue weighted by Crippen LogP contribution is -2.68. The summed E-state index contributed by atoms with van der Waals surface area (Å²) in [7, 11) is 0. The van der Waals surface area contributed by atoms with Crippen molar-refractivity contribution < 1.29 is 74.4 Å². The van der Waals surface area contributed by atoms with Crippen molar-refractivity contribution in [1.29, 1.82) is 0 Å². The first-order chi connectivity index (χ1) is 16.9. The summed E-state index contributed by atoms with van der Waals surface area (Å²) in [5, 5.41) is 93.8. The van der Waals surface area contributed by atoms with Crippen LogP contribution in [0.3, 0.4) is 0 Å². The Hall–Kier alpha value is -1.09. The Morgan fingerprint density at radius 2 is 1.28 bits per heavy atom. The van der Waals surface area contributed by atoms with E-state index in [1.165, 1.54) is 6.92 Å². The molecule has 1 amide bonds. The molecule has 3 aliphatic heterocycles. The van der Waals surface area contributed by atoms with E-state index in [0.717, 1.165) is 6.92 Å². The minimum atomic E-state index is -1.88. The Morgan fingerprint density at radius 1 is 0.722 bits per heavy atom. The van der Waals surface area contributed by atoms with Gasteiger partial charge in [-0.3, -0.25) is 4.79 Å². The molecule has 0 aromatic carbocycles. The Labute approximate surface area is 205 Å². The minimum Gasteiger partial charge on any atom is -0.394 e. The van der Waals surface area contributed by atoms with Crippen molar-refractivity contribution >= 4 is 5.91 Å². The van der Waals surface area contributed by atoms with Crippen LogP contribution in [0.4, 0.5) is 0 Å². The van der Waals surface area contributed by atoms with Crippen LogP contribution in [-0.2, 0) is 28.5 Å². The van der Waals surface area contributed by atoms with E-state index in [0.29, 0.717) is 0 Å². The maximum absolute atomic E-state index is 11.6. The molecule has 0 aromatic heterocycles. The quantitative estimate of drug-likeness (QED) is 0.147. The molecule has 0 bridgehead atoms. The number of rotatable bonds is 7. The maximum atomic E-state index is 11.6. The van der Waals surface area contributed by atoms with Gasteiger partial charge in [0.05, 0.1) is 19.3 Å². The molecule has 36 heavy (non-hydrogen) atoms. The fraction of sp³-hybridized carbons (Fsp3) is 0.950. The van der Waals surface area contributed by atoms with Crippen molar-refractivity contribution in [3.8, 4) is 0 Å². The van der Waals surface area contributed by atoms with Crippen LogP contribution < -0.4 is 5.32 Å². The third kappa shape index (κ3) is 5.97. The number of carbonyl (C=O) groups excluding carboxylic acids is 1. The summed E-state index contributed by atoms with van der Waals surface area (Å²) in [6.07, 6.45) is -21.8. The van der Waals surface area contributed by atoms with Crippen LogP contribution in [0.2, 0.25) is 0 Å². The van der Waals surface area contributed by atoms with Crippen molar-refractivity contribution in [2.45, 2.75) is 106 Å². The van der Waals surface area contributed by atoms with Crippen LogP contribution in [0.5, 0.6) is 0 Å². The number of aliphatic hydroxyl groups is 9. The third-order valence-corrected chi connectivity index (χ3v) is 6.45. The lowest BCUT2D eigenvalue weighted by Gasteiger charge is -2.48. The van der Waals surface area contributed by atoms with Gasteiger partial charge in [-0.25, -0.2) is 0 Å². The number of hydrogen-bond acceptors (Lipinski definition) is 15. The first-order valence-electron chi connectivity index (χ1n) is 11.4. The van der Waals surface area contributed by atoms with Gasteiger partial charge in [-0.05, 0) is 6.92 Å². The van der Waals surface area contributed by atoms with Gasteiger partial charge in [0, 0.05) is 6.92 Å². The van der Waals surface area contributed by atoms with Crippen molar-refractivity contribution in [2.75, 3.05) is 13.2 Å². The summed E-state index contributed by atoms with van der Waals surface area (Å²) >= 11 is 0. The van der Waals surface area contributed by atoms with Crippen LogP contribution >= 0.6 is 0 Å².